The SMILES string of the molecule is COc1ccc(CN)cc1COc1cccnc1C. The molecule has 0 spiro atoms. The summed E-state index contributed by atoms with van der Waals surface area (Å²) >= 11 is 0. The molecular formula is C15H18N2O2. The van der Waals surface area contributed by atoms with Gasteiger partial charge in [0.2, 0.25) is 0 Å². The van der Waals surface area contributed by atoms with E-state index in [0.29, 0.717) is 13.2 Å². The van der Waals surface area contributed by atoms with Crippen molar-refractivity contribution in [3.05, 3.63) is 53.3 Å². The minimum atomic E-state index is 0.434. The molecule has 0 radical (unpaired) electrons. The predicted octanol–water partition coefficient (Wildman–Crippen LogP) is 2.44. The molecule has 2 rings (SSSR count). The third kappa shape index (κ3) is 3.23. The van der Waals surface area contributed by atoms with Crippen molar-refractivity contribution >= 4 is 0 Å². The molecule has 19 heavy (non-hydrogen) atoms. The molecule has 1 aromatic carbocycles. The van der Waals surface area contributed by atoms with Gasteiger partial charge in [-0.05, 0) is 36.8 Å². The van der Waals surface area contributed by atoms with Crippen LogP contribution in [0.25, 0.3) is 0 Å². The number of nitrogens with zero attached hydrogens (tertiary/aromatic N) is 1. The van der Waals surface area contributed by atoms with Gasteiger partial charge in [-0.15, -0.1) is 0 Å². The molecule has 1 aromatic heterocycles. The lowest BCUT2D eigenvalue weighted by molar-refractivity contribution is 0.293. The number of ether oxygens (including phenoxy) is 2. The van der Waals surface area contributed by atoms with Crippen molar-refractivity contribution < 1.29 is 9.47 Å². The summed E-state index contributed by atoms with van der Waals surface area (Å²) in [6.07, 6.45) is 1.75. The fourth-order valence-electron chi connectivity index (χ4n) is 1.85. The Labute approximate surface area is 113 Å². The Morgan fingerprint density at radius 2 is 2.05 bits per heavy atom. The van der Waals surface area contributed by atoms with E-state index in [1.165, 1.54) is 0 Å². The van der Waals surface area contributed by atoms with Crippen molar-refractivity contribution in [2.24, 2.45) is 5.73 Å². The maximum Gasteiger partial charge on any atom is 0.141 e. The van der Waals surface area contributed by atoms with E-state index in [4.69, 9.17) is 15.2 Å². The van der Waals surface area contributed by atoms with Crippen LogP contribution in [0, 0.1) is 6.92 Å². The third-order valence-corrected chi connectivity index (χ3v) is 2.92. The van der Waals surface area contributed by atoms with Crippen LogP contribution >= 0.6 is 0 Å². The number of nitrogens with two attached hydrogens (primary N) is 1. The summed E-state index contributed by atoms with van der Waals surface area (Å²) in [4.78, 5) is 4.19. The van der Waals surface area contributed by atoms with Crippen LogP contribution in [-0.4, -0.2) is 12.1 Å². The Bertz CT molecular complexity index is 556. The Hall–Kier alpha value is -2.07. The number of rotatable bonds is 5. The summed E-state index contributed by atoms with van der Waals surface area (Å²) in [5, 5.41) is 0. The van der Waals surface area contributed by atoms with Gasteiger partial charge < -0.3 is 15.2 Å². The maximum atomic E-state index is 5.78. The lowest BCUT2D eigenvalue weighted by atomic mass is 10.1. The minimum absolute atomic E-state index is 0.434. The molecule has 0 aliphatic carbocycles. The predicted molar refractivity (Wildman–Crippen MR) is 74.2 cm³/mol. The van der Waals surface area contributed by atoms with Gasteiger partial charge in [0, 0.05) is 18.3 Å². The Morgan fingerprint density at radius 3 is 2.74 bits per heavy atom. The average molecular weight is 258 g/mol. The number of hydrogen-bond acceptors (Lipinski definition) is 4. The van der Waals surface area contributed by atoms with E-state index in [-0.39, 0.29) is 0 Å². The zero-order chi connectivity index (χ0) is 13.7. The van der Waals surface area contributed by atoms with Crippen LogP contribution in [0.5, 0.6) is 11.5 Å². The standard InChI is InChI=1S/C15H18N2O2/c1-11-14(4-3-7-17-11)19-10-13-8-12(9-16)5-6-15(13)18-2/h3-8H,9-10,16H2,1-2H3. The second-order valence-electron chi connectivity index (χ2n) is 4.23. The Balaban J connectivity index is 2.16. The largest absolute Gasteiger partial charge is 0.496 e. The van der Waals surface area contributed by atoms with Gasteiger partial charge >= 0.3 is 0 Å². The Kier molecular flexibility index (Phi) is 4.36. The second kappa shape index (κ2) is 6.20. The molecule has 0 aliphatic heterocycles. The molecule has 0 fully saturated rings. The molecule has 2 N–H and O–H groups in total. The van der Waals surface area contributed by atoms with Crippen molar-refractivity contribution in [2.45, 2.75) is 20.1 Å². The zero-order valence-electron chi connectivity index (χ0n) is 11.2. The molecule has 0 amide bonds. The van der Waals surface area contributed by atoms with Crippen LogP contribution < -0.4 is 15.2 Å². The van der Waals surface area contributed by atoms with Crippen LogP contribution in [0.3, 0.4) is 0 Å². The average Bonchev–Trinajstić information content (AvgIpc) is 2.46. The highest BCUT2D eigenvalue weighted by Gasteiger charge is 2.06. The van der Waals surface area contributed by atoms with E-state index in [1.807, 2.05) is 37.3 Å². The molecule has 0 saturated heterocycles. The number of aromatic nitrogens is 1. The second-order valence-corrected chi connectivity index (χ2v) is 4.23. The first-order chi connectivity index (χ1) is 9.24. The van der Waals surface area contributed by atoms with Gasteiger partial charge in [0.05, 0.1) is 12.8 Å². The highest BCUT2D eigenvalue weighted by Crippen LogP contribution is 2.23. The van der Waals surface area contributed by atoms with Crippen molar-refractivity contribution in [3.8, 4) is 11.5 Å². The minimum Gasteiger partial charge on any atom is -0.496 e. The molecule has 4 nitrogen and oxygen atoms in total. The molecule has 0 unspecified atom stereocenters. The summed E-state index contributed by atoms with van der Waals surface area (Å²) < 4.78 is 11.1. The first kappa shape index (κ1) is 13.4. The number of benzene rings is 1. The van der Waals surface area contributed by atoms with E-state index < -0.39 is 0 Å². The fraction of sp³-hybridized carbons (Fsp3) is 0.267. The van der Waals surface area contributed by atoms with E-state index in [1.54, 1.807) is 13.3 Å². The van der Waals surface area contributed by atoms with Gasteiger partial charge in [-0.25, -0.2) is 0 Å². The molecule has 0 atom stereocenters. The number of aryl methyl sites for hydroxylation is 1. The monoisotopic (exact) mass is 258 g/mol. The van der Waals surface area contributed by atoms with Gasteiger partial charge in [-0.1, -0.05) is 6.07 Å². The highest BCUT2D eigenvalue weighted by atomic mass is 16.5. The number of methoxy groups -OCH3 is 1. The van der Waals surface area contributed by atoms with Gasteiger partial charge in [0.25, 0.3) is 0 Å². The van der Waals surface area contributed by atoms with Crippen molar-refractivity contribution in [1.82, 2.24) is 4.98 Å². The third-order valence-electron chi connectivity index (χ3n) is 2.92. The smallest absolute Gasteiger partial charge is 0.141 e. The fourth-order valence-corrected chi connectivity index (χ4v) is 1.85. The quantitative estimate of drug-likeness (QED) is 0.895. The van der Waals surface area contributed by atoms with Gasteiger partial charge in [0.15, 0.2) is 0 Å². The molecular weight excluding hydrogens is 240 g/mol. The van der Waals surface area contributed by atoms with E-state index in [9.17, 15) is 0 Å². The normalized spacial score (nSPS) is 10.3. The summed E-state index contributed by atoms with van der Waals surface area (Å²) in [5.41, 5.74) is 8.56. The summed E-state index contributed by atoms with van der Waals surface area (Å²) in [7, 11) is 1.65. The summed E-state index contributed by atoms with van der Waals surface area (Å²) in [5.74, 6) is 1.58. The molecule has 2 aromatic rings. The van der Waals surface area contributed by atoms with Crippen LogP contribution in [0.15, 0.2) is 36.5 Å². The molecule has 0 bridgehead atoms. The zero-order valence-corrected chi connectivity index (χ0v) is 11.2. The Morgan fingerprint density at radius 1 is 1.21 bits per heavy atom. The van der Waals surface area contributed by atoms with Crippen LogP contribution in [0.4, 0.5) is 0 Å². The summed E-state index contributed by atoms with van der Waals surface area (Å²) in [6, 6.07) is 9.64. The molecule has 0 aliphatic rings. The summed E-state index contributed by atoms with van der Waals surface area (Å²) in [6.45, 7) is 2.86. The lowest BCUT2D eigenvalue weighted by Crippen LogP contribution is -2.03. The number of hydrogen-bond donors (Lipinski definition) is 1. The van der Waals surface area contributed by atoms with Crippen molar-refractivity contribution in [1.29, 1.82) is 0 Å². The highest BCUT2D eigenvalue weighted by molar-refractivity contribution is 5.37. The van der Waals surface area contributed by atoms with Crippen LogP contribution in [-0.2, 0) is 13.2 Å². The maximum absolute atomic E-state index is 5.78. The topological polar surface area (TPSA) is 57.4 Å². The number of pyridine rings is 1. The van der Waals surface area contributed by atoms with Crippen LogP contribution in [0.2, 0.25) is 0 Å². The first-order valence-electron chi connectivity index (χ1n) is 6.15. The van der Waals surface area contributed by atoms with Crippen molar-refractivity contribution in [2.75, 3.05) is 7.11 Å². The first-order valence-corrected chi connectivity index (χ1v) is 6.15. The van der Waals surface area contributed by atoms with Gasteiger partial charge in [-0.3, -0.25) is 4.98 Å². The van der Waals surface area contributed by atoms with Crippen LogP contribution in [0.1, 0.15) is 16.8 Å². The van der Waals surface area contributed by atoms with E-state index in [0.717, 1.165) is 28.3 Å². The molecule has 0 saturated carbocycles. The molecule has 1 heterocycles. The van der Waals surface area contributed by atoms with E-state index >= 15 is 0 Å². The van der Waals surface area contributed by atoms with Gasteiger partial charge in [0.1, 0.15) is 18.1 Å². The molecule has 4 heteroatoms. The van der Waals surface area contributed by atoms with Crippen molar-refractivity contribution in [3.63, 3.8) is 0 Å². The van der Waals surface area contributed by atoms with Gasteiger partial charge in [-0.2, -0.15) is 0 Å². The lowest BCUT2D eigenvalue weighted by Gasteiger charge is -2.12. The molecule has 100 valence electrons. The van der Waals surface area contributed by atoms with E-state index in [2.05, 4.69) is 4.98 Å².